The Hall–Kier alpha value is -5.82. The van der Waals surface area contributed by atoms with Gasteiger partial charge in [-0.15, -0.1) is 20.4 Å². The van der Waals surface area contributed by atoms with Crippen LogP contribution in [0.3, 0.4) is 0 Å². The van der Waals surface area contributed by atoms with Crippen LogP contribution in [0.2, 0.25) is 0 Å². The van der Waals surface area contributed by atoms with E-state index in [4.69, 9.17) is 5.10 Å². The van der Waals surface area contributed by atoms with E-state index < -0.39 is 0 Å². The Labute approximate surface area is 253 Å². The van der Waals surface area contributed by atoms with E-state index in [1.54, 1.807) is 0 Å². The zero-order chi connectivity index (χ0) is 29.4. The average molecular weight is 570 g/mol. The number of nitrogens with zero attached hydrogens (tertiary/aromatic N) is 7. The van der Waals surface area contributed by atoms with Gasteiger partial charge in [-0.25, -0.2) is 0 Å². The molecule has 210 valence electrons. The summed E-state index contributed by atoms with van der Waals surface area (Å²) in [7, 11) is 0. The molecule has 4 heterocycles. The Morgan fingerprint density at radius 3 is 1.50 bits per heavy atom. The first kappa shape index (κ1) is 24.7. The molecular formula is C37H27N7. The lowest BCUT2D eigenvalue weighted by atomic mass is 9.73. The van der Waals surface area contributed by atoms with E-state index >= 15 is 0 Å². The van der Waals surface area contributed by atoms with Gasteiger partial charge >= 0.3 is 0 Å². The third-order valence-electron chi connectivity index (χ3n) is 8.93. The Kier molecular flexibility index (Phi) is 5.11. The van der Waals surface area contributed by atoms with Crippen molar-refractivity contribution in [3.8, 4) is 22.8 Å². The molecule has 0 N–H and O–H groups in total. The summed E-state index contributed by atoms with van der Waals surface area (Å²) in [5, 5.41) is 18.7. The van der Waals surface area contributed by atoms with Crippen LogP contribution in [0.15, 0.2) is 127 Å². The molecule has 0 fully saturated rings. The first-order valence-corrected chi connectivity index (χ1v) is 14.8. The van der Waals surface area contributed by atoms with Crippen molar-refractivity contribution in [3.63, 3.8) is 0 Å². The van der Waals surface area contributed by atoms with Gasteiger partial charge in [0, 0.05) is 22.2 Å². The van der Waals surface area contributed by atoms with Gasteiger partial charge in [-0.05, 0) is 41.5 Å². The first-order chi connectivity index (χ1) is 21.6. The molecule has 7 heteroatoms. The van der Waals surface area contributed by atoms with E-state index in [-0.39, 0.29) is 5.41 Å². The van der Waals surface area contributed by atoms with Gasteiger partial charge in [0.2, 0.25) is 11.3 Å². The summed E-state index contributed by atoms with van der Waals surface area (Å²) in [4.78, 5) is 2.38. The number of anilines is 3. The topological polar surface area (TPSA) is 63.6 Å². The van der Waals surface area contributed by atoms with Crippen molar-refractivity contribution in [1.82, 2.24) is 29.2 Å². The summed E-state index contributed by atoms with van der Waals surface area (Å²) >= 11 is 0. The number of aromatic nitrogens is 6. The molecule has 3 aromatic heterocycles. The molecule has 44 heavy (non-hydrogen) atoms. The van der Waals surface area contributed by atoms with E-state index in [9.17, 15) is 0 Å². The van der Waals surface area contributed by atoms with Gasteiger partial charge in [-0.1, -0.05) is 111 Å². The lowest BCUT2D eigenvalue weighted by Gasteiger charge is -2.42. The Morgan fingerprint density at radius 2 is 0.955 bits per heavy atom. The third-order valence-corrected chi connectivity index (χ3v) is 8.93. The second kappa shape index (κ2) is 9.09. The van der Waals surface area contributed by atoms with Crippen molar-refractivity contribution in [3.05, 3.63) is 139 Å². The van der Waals surface area contributed by atoms with E-state index in [1.165, 1.54) is 22.5 Å². The zero-order valence-corrected chi connectivity index (χ0v) is 24.3. The first-order valence-electron chi connectivity index (χ1n) is 14.8. The average Bonchev–Trinajstić information content (AvgIpc) is 3.72. The van der Waals surface area contributed by atoms with Crippen molar-refractivity contribution in [2.45, 2.75) is 19.3 Å². The number of para-hydroxylation sites is 2. The van der Waals surface area contributed by atoms with Crippen LogP contribution in [0.1, 0.15) is 25.0 Å². The fourth-order valence-corrected chi connectivity index (χ4v) is 6.83. The molecule has 0 radical (unpaired) electrons. The van der Waals surface area contributed by atoms with Gasteiger partial charge < -0.3 is 4.90 Å². The molecule has 0 spiro atoms. The normalized spacial score (nSPS) is 13.8. The molecule has 0 aliphatic carbocycles. The molecule has 1 aliphatic heterocycles. The fourth-order valence-electron chi connectivity index (χ4n) is 6.83. The number of hydrogen-bond donors (Lipinski definition) is 0. The highest BCUT2D eigenvalue weighted by molar-refractivity contribution is 5.94. The van der Waals surface area contributed by atoms with Crippen LogP contribution in [0.4, 0.5) is 17.1 Å². The Balaban J connectivity index is 1.39. The number of benzene rings is 5. The summed E-state index contributed by atoms with van der Waals surface area (Å²) in [6.07, 6.45) is 0. The predicted octanol–water partition coefficient (Wildman–Crippen LogP) is 8.37. The summed E-state index contributed by atoms with van der Waals surface area (Å²) in [5.41, 5.74) is 11.1. The molecule has 0 saturated heterocycles. The van der Waals surface area contributed by atoms with E-state index in [2.05, 4.69) is 134 Å². The molecule has 0 atom stereocenters. The summed E-state index contributed by atoms with van der Waals surface area (Å²) in [6.45, 7) is 4.62. The standard InChI is InChI=1S/C37H27N7/c1-37(2)27-17-9-11-19-29(27)42(30-20-12-10-18-28(30)37)26-21-22-31-32(23-26)44-34(25-15-7-4-8-16-25)39-41-36(44)35-40-38-33(43(31)35)24-13-5-3-6-14-24/h3-23H,1-2H3. The molecular weight excluding hydrogens is 542 g/mol. The maximum absolute atomic E-state index is 4.70. The minimum absolute atomic E-state index is 0.137. The van der Waals surface area contributed by atoms with Gasteiger partial charge in [-0.2, -0.15) is 0 Å². The molecule has 8 aromatic rings. The number of fused-ring (bicyclic) bond motifs is 8. The molecule has 7 nitrogen and oxygen atoms in total. The van der Waals surface area contributed by atoms with Crippen molar-refractivity contribution < 1.29 is 0 Å². The van der Waals surface area contributed by atoms with E-state index in [0.717, 1.165) is 39.5 Å². The van der Waals surface area contributed by atoms with Crippen LogP contribution in [0, 0.1) is 0 Å². The molecule has 0 bridgehead atoms. The van der Waals surface area contributed by atoms with Crippen molar-refractivity contribution >= 4 is 39.4 Å². The minimum Gasteiger partial charge on any atom is -0.310 e. The number of hydrogen-bond acceptors (Lipinski definition) is 5. The summed E-state index contributed by atoms with van der Waals surface area (Å²) < 4.78 is 4.23. The molecule has 9 rings (SSSR count). The third kappa shape index (κ3) is 3.38. The van der Waals surface area contributed by atoms with Crippen molar-refractivity contribution in [2.24, 2.45) is 0 Å². The number of rotatable bonds is 3. The molecule has 0 amide bonds. The Morgan fingerprint density at radius 1 is 0.477 bits per heavy atom. The SMILES string of the molecule is CC1(C)c2ccccc2N(c2ccc3c(c2)n2c(-c4ccccc4)nnc2c2nnc(-c4ccccc4)n32)c2ccccc21. The smallest absolute Gasteiger partial charge is 0.207 e. The van der Waals surface area contributed by atoms with Gasteiger partial charge in [0.15, 0.2) is 11.6 Å². The molecule has 0 saturated carbocycles. The minimum atomic E-state index is -0.137. The molecule has 0 unspecified atom stereocenters. The van der Waals surface area contributed by atoms with Crippen LogP contribution in [-0.4, -0.2) is 29.2 Å². The van der Waals surface area contributed by atoms with E-state index in [0.29, 0.717) is 11.3 Å². The second-order valence-corrected chi connectivity index (χ2v) is 11.8. The maximum atomic E-state index is 4.70. The van der Waals surface area contributed by atoms with Crippen LogP contribution < -0.4 is 4.90 Å². The highest BCUT2D eigenvalue weighted by Crippen LogP contribution is 2.52. The Bertz CT molecular complexity index is 2320. The van der Waals surface area contributed by atoms with Crippen molar-refractivity contribution in [1.29, 1.82) is 0 Å². The quantitative estimate of drug-likeness (QED) is 0.214. The van der Waals surface area contributed by atoms with Gasteiger partial charge in [0.1, 0.15) is 0 Å². The second-order valence-electron chi connectivity index (χ2n) is 11.8. The lowest BCUT2D eigenvalue weighted by Crippen LogP contribution is -2.30. The van der Waals surface area contributed by atoms with Crippen LogP contribution in [0.5, 0.6) is 0 Å². The van der Waals surface area contributed by atoms with E-state index in [1.807, 2.05) is 36.4 Å². The van der Waals surface area contributed by atoms with Gasteiger partial charge in [-0.3, -0.25) is 8.80 Å². The largest absolute Gasteiger partial charge is 0.310 e. The summed E-state index contributed by atoms with van der Waals surface area (Å²) in [5.74, 6) is 1.52. The zero-order valence-electron chi connectivity index (χ0n) is 24.3. The maximum Gasteiger partial charge on any atom is 0.207 e. The fraction of sp³-hybridized carbons (Fsp3) is 0.0811. The van der Waals surface area contributed by atoms with Crippen LogP contribution >= 0.6 is 0 Å². The lowest BCUT2D eigenvalue weighted by molar-refractivity contribution is 0.632. The summed E-state index contributed by atoms with van der Waals surface area (Å²) in [6, 6.07) is 44.4. The molecule has 1 aliphatic rings. The van der Waals surface area contributed by atoms with Gasteiger partial charge in [0.25, 0.3) is 0 Å². The van der Waals surface area contributed by atoms with Crippen LogP contribution in [-0.2, 0) is 5.41 Å². The highest BCUT2D eigenvalue weighted by Gasteiger charge is 2.36. The monoisotopic (exact) mass is 569 g/mol. The molecule has 5 aromatic carbocycles. The van der Waals surface area contributed by atoms with Crippen molar-refractivity contribution in [2.75, 3.05) is 4.90 Å². The van der Waals surface area contributed by atoms with Crippen LogP contribution in [0.25, 0.3) is 45.1 Å². The predicted molar refractivity (Wildman–Crippen MR) is 175 cm³/mol. The van der Waals surface area contributed by atoms with Gasteiger partial charge in [0.05, 0.1) is 22.4 Å². The highest BCUT2D eigenvalue weighted by atomic mass is 15.3.